The van der Waals surface area contributed by atoms with Crippen LogP contribution >= 0.6 is 0 Å². The van der Waals surface area contributed by atoms with Crippen molar-refractivity contribution in [2.45, 2.75) is 13.5 Å². The molecule has 4 heteroatoms. The second-order valence-corrected chi connectivity index (χ2v) is 6.26. The molecule has 0 unspecified atom stereocenters. The number of hydrogen-bond acceptors (Lipinski definition) is 3. The minimum Gasteiger partial charge on any atom is -0.355 e. The lowest BCUT2D eigenvalue weighted by molar-refractivity contribution is 0.0951. The fourth-order valence-electron chi connectivity index (χ4n) is 3.03. The number of benzene rings is 3. The van der Waals surface area contributed by atoms with Gasteiger partial charge in [-0.25, -0.2) is 0 Å². The Morgan fingerprint density at radius 2 is 1.77 bits per heavy atom. The highest BCUT2D eigenvalue weighted by Crippen LogP contribution is 2.24. The molecule has 4 aromatic rings. The van der Waals surface area contributed by atoms with Crippen LogP contribution in [-0.2, 0) is 6.54 Å². The van der Waals surface area contributed by atoms with E-state index in [4.69, 9.17) is 4.52 Å². The number of rotatable bonds is 4. The molecule has 0 radical (unpaired) electrons. The SMILES string of the molecule is Cc1ccc(-c2oncc2C(=O)NCc2cccc3ccccc23)cc1. The van der Waals surface area contributed by atoms with Crippen LogP contribution in [0.4, 0.5) is 0 Å². The van der Waals surface area contributed by atoms with Crippen LogP contribution in [0.5, 0.6) is 0 Å². The second kappa shape index (κ2) is 6.84. The number of carbonyl (C=O) groups is 1. The van der Waals surface area contributed by atoms with Gasteiger partial charge in [-0.3, -0.25) is 4.79 Å². The van der Waals surface area contributed by atoms with E-state index in [1.807, 2.05) is 55.5 Å². The van der Waals surface area contributed by atoms with E-state index in [0.29, 0.717) is 17.9 Å². The first kappa shape index (κ1) is 16.1. The zero-order valence-corrected chi connectivity index (χ0v) is 14.4. The number of amides is 1. The molecule has 128 valence electrons. The zero-order valence-electron chi connectivity index (χ0n) is 14.4. The molecule has 3 aromatic carbocycles. The number of fused-ring (bicyclic) bond motifs is 1. The normalized spacial score (nSPS) is 10.8. The van der Waals surface area contributed by atoms with E-state index in [0.717, 1.165) is 27.5 Å². The molecule has 1 heterocycles. The van der Waals surface area contributed by atoms with Crippen LogP contribution in [0.15, 0.2) is 77.4 Å². The summed E-state index contributed by atoms with van der Waals surface area (Å²) in [7, 11) is 0. The highest BCUT2D eigenvalue weighted by atomic mass is 16.5. The van der Waals surface area contributed by atoms with Crippen molar-refractivity contribution < 1.29 is 9.32 Å². The van der Waals surface area contributed by atoms with Gasteiger partial charge in [0.15, 0.2) is 5.76 Å². The zero-order chi connectivity index (χ0) is 17.9. The molecular weight excluding hydrogens is 324 g/mol. The number of hydrogen-bond donors (Lipinski definition) is 1. The second-order valence-electron chi connectivity index (χ2n) is 6.26. The van der Waals surface area contributed by atoms with Gasteiger partial charge in [0, 0.05) is 12.1 Å². The standard InChI is InChI=1S/C22H18N2O2/c1-15-9-11-17(12-10-15)21-20(14-24-26-21)22(25)23-13-18-7-4-6-16-5-2-3-8-19(16)18/h2-12,14H,13H2,1H3,(H,23,25). The summed E-state index contributed by atoms with van der Waals surface area (Å²) in [5, 5.41) is 9.08. The molecule has 0 aliphatic carbocycles. The van der Waals surface area contributed by atoms with E-state index in [1.165, 1.54) is 6.20 Å². The maximum absolute atomic E-state index is 12.7. The van der Waals surface area contributed by atoms with Crippen LogP contribution in [-0.4, -0.2) is 11.1 Å². The van der Waals surface area contributed by atoms with Gasteiger partial charge < -0.3 is 9.84 Å². The number of carbonyl (C=O) groups excluding carboxylic acids is 1. The summed E-state index contributed by atoms with van der Waals surface area (Å²) in [5.74, 6) is 0.287. The van der Waals surface area contributed by atoms with Crippen molar-refractivity contribution in [1.82, 2.24) is 10.5 Å². The van der Waals surface area contributed by atoms with Crippen molar-refractivity contribution in [3.05, 3.63) is 89.6 Å². The van der Waals surface area contributed by atoms with Gasteiger partial charge in [-0.2, -0.15) is 0 Å². The Kier molecular flexibility index (Phi) is 4.23. The molecule has 0 aliphatic rings. The van der Waals surface area contributed by atoms with Gasteiger partial charge in [0.05, 0.1) is 6.20 Å². The highest BCUT2D eigenvalue weighted by Gasteiger charge is 2.17. The fourth-order valence-corrected chi connectivity index (χ4v) is 3.03. The van der Waals surface area contributed by atoms with Crippen LogP contribution in [0, 0.1) is 6.92 Å². The first-order valence-corrected chi connectivity index (χ1v) is 8.49. The number of nitrogens with one attached hydrogen (secondary N) is 1. The summed E-state index contributed by atoms with van der Waals surface area (Å²) in [5.41, 5.74) is 3.50. The third-order valence-electron chi connectivity index (χ3n) is 4.45. The quantitative estimate of drug-likeness (QED) is 0.583. The highest BCUT2D eigenvalue weighted by molar-refractivity contribution is 5.99. The van der Waals surface area contributed by atoms with Crippen LogP contribution in [0.1, 0.15) is 21.5 Å². The lowest BCUT2D eigenvalue weighted by Crippen LogP contribution is -2.23. The Morgan fingerprint density at radius 1 is 1.00 bits per heavy atom. The molecule has 0 aliphatic heterocycles. The Hall–Kier alpha value is -3.40. The summed E-state index contributed by atoms with van der Waals surface area (Å²) in [6, 6.07) is 22.1. The van der Waals surface area contributed by atoms with E-state index in [9.17, 15) is 4.79 Å². The maximum atomic E-state index is 12.7. The van der Waals surface area contributed by atoms with Crippen LogP contribution in [0.2, 0.25) is 0 Å². The van der Waals surface area contributed by atoms with Gasteiger partial charge in [0.25, 0.3) is 5.91 Å². The molecule has 1 aromatic heterocycles. The monoisotopic (exact) mass is 342 g/mol. The van der Waals surface area contributed by atoms with E-state index >= 15 is 0 Å². The Morgan fingerprint density at radius 3 is 2.62 bits per heavy atom. The molecule has 4 nitrogen and oxygen atoms in total. The lowest BCUT2D eigenvalue weighted by Gasteiger charge is -2.08. The summed E-state index contributed by atoms with van der Waals surface area (Å²) in [4.78, 5) is 12.7. The molecule has 1 amide bonds. The van der Waals surface area contributed by atoms with E-state index in [1.54, 1.807) is 0 Å². The fraction of sp³-hybridized carbons (Fsp3) is 0.0909. The van der Waals surface area contributed by atoms with Crippen molar-refractivity contribution in [2.75, 3.05) is 0 Å². The summed E-state index contributed by atoms with van der Waals surface area (Å²) in [6.07, 6.45) is 1.47. The first-order chi connectivity index (χ1) is 12.7. The van der Waals surface area contributed by atoms with Gasteiger partial charge in [0.1, 0.15) is 5.56 Å². The Labute approximate surface area is 151 Å². The predicted molar refractivity (Wildman–Crippen MR) is 102 cm³/mol. The summed E-state index contributed by atoms with van der Waals surface area (Å²) >= 11 is 0. The molecule has 0 bridgehead atoms. The maximum Gasteiger partial charge on any atom is 0.257 e. The van der Waals surface area contributed by atoms with Gasteiger partial charge in [-0.05, 0) is 23.3 Å². The van der Waals surface area contributed by atoms with Crippen molar-refractivity contribution in [3.8, 4) is 11.3 Å². The molecule has 0 saturated heterocycles. The van der Waals surface area contributed by atoms with Crippen molar-refractivity contribution in [1.29, 1.82) is 0 Å². The Bertz CT molecular complexity index is 1060. The van der Waals surface area contributed by atoms with E-state index in [-0.39, 0.29) is 5.91 Å². The third-order valence-corrected chi connectivity index (χ3v) is 4.45. The van der Waals surface area contributed by atoms with Crippen LogP contribution in [0.25, 0.3) is 22.1 Å². The van der Waals surface area contributed by atoms with Crippen molar-refractivity contribution in [3.63, 3.8) is 0 Å². The summed E-state index contributed by atoms with van der Waals surface area (Å²) < 4.78 is 5.32. The Balaban J connectivity index is 1.56. The molecule has 26 heavy (non-hydrogen) atoms. The molecule has 0 saturated carbocycles. The number of aromatic nitrogens is 1. The van der Waals surface area contributed by atoms with E-state index < -0.39 is 0 Å². The van der Waals surface area contributed by atoms with Gasteiger partial charge in [0.2, 0.25) is 0 Å². The van der Waals surface area contributed by atoms with Crippen LogP contribution < -0.4 is 5.32 Å². The lowest BCUT2D eigenvalue weighted by atomic mass is 10.0. The van der Waals surface area contributed by atoms with Crippen LogP contribution in [0.3, 0.4) is 0 Å². The smallest absolute Gasteiger partial charge is 0.257 e. The topological polar surface area (TPSA) is 55.1 Å². The largest absolute Gasteiger partial charge is 0.355 e. The predicted octanol–water partition coefficient (Wildman–Crippen LogP) is 4.73. The number of nitrogens with zero attached hydrogens (tertiary/aromatic N) is 1. The average Bonchev–Trinajstić information content (AvgIpc) is 3.16. The summed E-state index contributed by atoms with van der Waals surface area (Å²) in [6.45, 7) is 2.46. The first-order valence-electron chi connectivity index (χ1n) is 8.49. The average molecular weight is 342 g/mol. The molecule has 4 rings (SSSR count). The van der Waals surface area contributed by atoms with Crippen molar-refractivity contribution >= 4 is 16.7 Å². The van der Waals surface area contributed by atoms with Crippen molar-refractivity contribution in [2.24, 2.45) is 0 Å². The third kappa shape index (κ3) is 3.09. The molecular formula is C22H18N2O2. The minimum atomic E-state index is -0.199. The molecule has 0 fully saturated rings. The molecule has 0 atom stereocenters. The molecule has 1 N–H and O–H groups in total. The number of aryl methyl sites for hydroxylation is 1. The molecule has 0 spiro atoms. The van der Waals surface area contributed by atoms with E-state index in [2.05, 4.69) is 28.7 Å². The van der Waals surface area contributed by atoms with Gasteiger partial charge in [-0.1, -0.05) is 77.5 Å². The van der Waals surface area contributed by atoms with Gasteiger partial charge >= 0.3 is 0 Å². The minimum absolute atomic E-state index is 0.199. The van der Waals surface area contributed by atoms with Gasteiger partial charge in [-0.15, -0.1) is 0 Å².